The number of nitrogens with zero attached hydrogens (tertiary/aromatic N) is 3. The van der Waals surface area contributed by atoms with Crippen LogP contribution >= 0.6 is 35.0 Å². The van der Waals surface area contributed by atoms with Crippen LogP contribution in [-0.4, -0.2) is 32.3 Å². The molecule has 11 heteroatoms. The topological polar surface area (TPSA) is 88.9 Å². The third-order valence-corrected chi connectivity index (χ3v) is 5.50. The molecule has 2 amide bonds. The number of nitrogens with one attached hydrogen (secondary N) is 2. The van der Waals surface area contributed by atoms with Crippen molar-refractivity contribution in [3.63, 3.8) is 0 Å². The summed E-state index contributed by atoms with van der Waals surface area (Å²) in [6.07, 6.45) is -0.0923. The number of carbonyl (C=O) groups is 2. The lowest BCUT2D eigenvalue weighted by molar-refractivity contribution is -0.116. The highest BCUT2D eigenvalue weighted by Gasteiger charge is 2.16. The highest BCUT2D eigenvalue weighted by molar-refractivity contribution is 7.99. The molecule has 30 heavy (non-hydrogen) atoms. The lowest BCUT2D eigenvalue weighted by Crippen LogP contribution is -2.18. The molecule has 2 aromatic carbocycles. The highest BCUT2D eigenvalue weighted by atomic mass is 35.5. The van der Waals surface area contributed by atoms with Gasteiger partial charge in [-0.05, 0) is 30.3 Å². The molecule has 3 rings (SSSR count). The molecule has 156 valence electrons. The summed E-state index contributed by atoms with van der Waals surface area (Å²) < 4.78 is 15.3. The molecular weight excluding hydrogens is 452 g/mol. The lowest BCUT2D eigenvalue weighted by atomic mass is 10.3. The van der Waals surface area contributed by atoms with E-state index in [0.29, 0.717) is 26.7 Å². The average Bonchev–Trinajstić information content (AvgIpc) is 3.04. The monoisotopic (exact) mass is 467 g/mol. The summed E-state index contributed by atoms with van der Waals surface area (Å²) in [5.74, 6) is -0.792. The SMILES string of the molecule is Cn1c(CC(=O)Nc2ccccc2F)nnc1SCC(=O)Nc1ccc(Cl)cc1Cl. The van der Waals surface area contributed by atoms with Crippen LogP contribution in [0.1, 0.15) is 5.82 Å². The predicted molar refractivity (Wildman–Crippen MR) is 116 cm³/mol. The maximum absolute atomic E-state index is 13.6. The zero-order valence-corrected chi connectivity index (χ0v) is 18.0. The van der Waals surface area contributed by atoms with Crippen molar-refractivity contribution in [3.8, 4) is 0 Å². The van der Waals surface area contributed by atoms with E-state index >= 15 is 0 Å². The molecule has 2 N–H and O–H groups in total. The van der Waals surface area contributed by atoms with Crippen molar-refractivity contribution >= 4 is 58.2 Å². The maximum Gasteiger partial charge on any atom is 0.234 e. The summed E-state index contributed by atoms with van der Waals surface area (Å²) in [7, 11) is 1.68. The van der Waals surface area contributed by atoms with Gasteiger partial charge in [-0.2, -0.15) is 0 Å². The van der Waals surface area contributed by atoms with Gasteiger partial charge in [-0.25, -0.2) is 4.39 Å². The van der Waals surface area contributed by atoms with E-state index < -0.39 is 11.7 Å². The van der Waals surface area contributed by atoms with Gasteiger partial charge in [0.25, 0.3) is 0 Å². The van der Waals surface area contributed by atoms with Crippen molar-refractivity contribution in [2.75, 3.05) is 16.4 Å². The van der Waals surface area contributed by atoms with E-state index in [4.69, 9.17) is 23.2 Å². The van der Waals surface area contributed by atoms with Crippen molar-refractivity contribution in [1.29, 1.82) is 0 Å². The number of amides is 2. The molecule has 0 unspecified atom stereocenters. The maximum atomic E-state index is 13.6. The van der Waals surface area contributed by atoms with Crippen LogP contribution in [0.3, 0.4) is 0 Å². The van der Waals surface area contributed by atoms with E-state index in [-0.39, 0.29) is 23.8 Å². The molecule has 0 saturated carbocycles. The number of aromatic nitrogens is 3. The van der Waals surface area contributed by atoms with E-state index in [0.717, 1.165) is 11.8 Å². The van der Waals surface area contributed by atoms with Crippen LogP contribution in [0.2, 0.25) is 10.0 Å². The highest BCUT2D eigenvalue weighted by Crippen LogP contribution is 2.26. The Bertz CT molecular complexity index is 1090. The molecule has 0 aliphatic heterocycles. The number of thioether (sulfide) groups is 1. The smallest absolute Gasteiger partial charge is 0.234 e. The number of halogens is 3. The lowest BCUT2D eigenvalue weighted by Gasteiger charge is -2.08. The Morgan fingerprint density at radius 3 is 2.53 bits per heavy atom. The molecule has 1 aromatic heterocycles. The van der Waals surface area contributed by atoms with Crippen molar-refractivity contribution in [3.05, 3.63) is 64.2 Å². The summed E-state index contributed by atoms with van der Waals surface area (Å²) in [6.45, 7) is 0. The van der Waals surface area contributed by atoms with Gasteiger partial charge >= 0.3 is 0 Å². The van der Waals surface area contributed by atoms with Gasteiger partial charge in [0, 0.05) is 12.1 Å². The van der Waals surface area contributed by atoms with Gasteiger partial charge in [-0.1, -0.05) is 47.1 Å². The van der Waals surface area contributed by atoms with E-state index in [1.54, 1.807) is 29.8 Å². The summed E-state index contributed by atoms with van der Waals surface area (Å²) >= 11 is 13.0. The van der Waals surface area contributed by atoms with Crippen molar-refractivity contribution in [2.45, 2.75) is 11.6 Å². The van der Waals surface area contributed by atoms with Crippen LogP contribution in [-0.2, 0) is 23.1 Å². The van der Waals surface area contributed by atoms with Crippen molar-refractivity contribution in [1.82, 2.24) is 14.8 Å². The number of para-hydroxylation sites is 1. The van der Waals surface area contributed by atoms with Crippen LogP contribution in [0.25, 0.3) is 0 Å². The third-order valence-electron chi connectivity index (χ3n) is 3.93. The van der Waals surface area contributed by atoms with E-state index in [1.807, 2.05) is 0 Å². The molecule has 7 nitrogen and oxygen atoms in total. The second-order valence-corrected chi connectivity index (χ2v) is 7.91. The van der Waals surface area contributed by atoms with Crippen LogP contribution in [0, 0.1) is 5.82 Å². The first-order valence-corrected chi connectivity index (χ1v) is 10.4. The molecule has 0 aliphatic carbocycles. The molecule has 3 aromatic rings. The standard InChI is InChI=1S/C19H16Cl2FN5O2S/c1-27-16(9-17(28)24-15-5-3-2-4-13(15)22)25-26-19(27)30-10-18(29)23-14-7-6-11(20)8-12(14)21/h2-8H,9-10H2,1H3,(H,23,29)(H,24,28). The number of carbonyl (C=O) groups excluding carboxylic acids is 2. The molecular formula is C19H16Cl2FN5O2S. The molecule has 0 saturated heterocycles. The fourth-order valence-corrected chi connectivity index (χ4v) is 3.62. The summed E-state index contributed by atoms with van der Waals surface area (Å²) in [5, 5.41) is 14.4. The van der Waals surface area contributed by atoms with Gasteiger partial charge < -0.3 is 15.2 Å². The molecule has 1 heterocycles. The molecule has 0 aliphatic rings. The minimum Gasteiger partial charge on any atom is -0.324 e. The molecule has 0 radical (unpaired) electrons. The van der Waals surface area contributed by atoms with Crippen molar-refractivity contribution in [2.24, 2.45) is 7.05 Å². The number of rotatable bonds is 7. The number of anilines is 2. The Balaban J connectivity index is 1.55. The molecule has 0 spiro atoms. The third kappa shape index (κ3) is 5.71. The fraction of sp³-hybridized carbons (Fsp3) is 0.158. The Morgan fingerprint density at radius 2 is 1.80 bits per heavy atom. The number of hydrogen-bond donors (Lipinski definition) is 2. The zero-order chi connectivity index (χ0) is 21.7. The number of hydrogen-bond acceptors (Lipinski definition) is 5. The van der Waals surface area contributed by atoms with Gasteiger partial charge in [-0.3, -0.25) is 9.59 Å². The van der Waals surface area contributed by atoms with E-state index in [1.165, 1.54) is 24.3 Å². The molecule has 0 fully saturated rings. The number of benzene rings is 2. The first-order chi connectivity index (χ1) is 14.3. The quantitative estimate of drug-likeness (QED) is 0.508. The van der Waals surface area contributed by atoms with Gasteiger partial charge in [0.15, 0.2) is 5.16 Å². The van der Waals surface area contributed by atoms with Crippen molar-refractivity contribution < 1.29 is 14.0 Å². The fourth-order valence-electron chi connectivity index (χ4n) is 2.43. The van der Waals surface area contributed by atoms with Crippen LogP contribution in [0.5, 0.6) is 0 Å². The molecule has 0 bridgehead atoms. The molecule has 0 atom stereocenters. The van der Waals surface area contributed by atoms with Crippen LogP contribution in [0.15, 0.2) is 47.6 Å². The Labute approximate surface area is 186 Å². The van der Waals surface area contributed by atoms with E-state index in [2.05, 4.69) is 20.8 Å². The van der Waals surface area contributed by atoms with Gasteiger partial charge in [0.2, 0.25) is 11.8 Å². The van der Waals surface area contributed by atoms with Gasteiger partial charge in [-0.15, -0.1) is 10.2 Å². The minimum atomic E-state index is -0.521. The second-order valence-electron chi connectivity index (χ2n) is 6.12. The van der Waals surface area contributed by atoms with Gasteiger partial charge in [0.1, 0.15) is 11.6 Å². The second kappa shape index (κ2) is 9.92. The Morgan fingerprint density at radius 1 is 1.07 bits per heavy atom. The average molecular weight is 468 g/mol. The largest absolute Gasteiger partial charge is 0.324 e. The normalized spacial score (nSPS) is 10.7. The first kappa shape index (κ1) is 22.1. The minimum absolute atomic E-state index is 0.0619. The van der Waals surface area contributed by atoms with E-state index in [9.17, 15) is 14.0 Å². The van der Waals surface area contributed by atoms with Crippen LogP contribution < -0.4 is 10.6 Å². The zero-order valence-electron chi connectivity index (χ0n) is 15.7. The predicted octanol–water partition coefficient (Wildman–Crippen LogP) is 4.17. The summed E-state index contributed by atoms with van der Waals surface area (Å²) in [6, 6.07) is 10.7. The first-order valence-electron chi connectivity index (χ1n) is 8.64. The Kier molecular flexibility index (Phi) is 7.30. The van der Waals surface area contributed by atoms with Crippen LogP contribution in [0.4, 0.5) is 15.8 Å². The summed E-state index contributed by atoms with van der Waals surface area (Å²) in [4.78, 5) is 24.3. The van der Waals surface area contributed by atoms with Gasteiger partial charge in [0.05, 0.1) is 28.6 Å². The Hall–Kier alpha value is -2.62. The summed E-state index contributed by atoms with van der Waals surface area (Å²) in [5.41, 5.74) is 0.548.